The average Bonchev–Trinajstić information content (AvgIpc) is 3.17. The van der Waals surface area contributed by atoms with Gasteiger partial charge in [0, 0.05) is 31.7 Å². The molecular weight excluding hydrogens is 418 g/mol. The van der Waals surface area contributed by atoms with Gasteiger partial charge in [-0.05, 0) is 48.9 Å². The molecule has 0 spiro atoms. The summed E-state index contributed by atoms with van der Waals surface area (Å²) in [5.74, 6) is -0.739. The number of nitrogens with zero attached hydrogens (tertiary/aromatic N) is 4. The molecule has 158 valence electrons. The third-order valence-electron chi connectivity index (χ3n) is 5.36. The van der Waals surface area contributed by atoms with Gasteiger partial charge in [-0.25, -0.2) is 13.8 Å². The molecule has 0 aliphatic carbocycles. The van der Waals surface area contributed by atoms with Crippen LogP contribution >= 0.6 is 11.3 Å². The van der Waals surface area contributed by atoms with Crippen molar-refractivity contribution >= 4 is 17.2 Å². The Kier molecular flexibility index (Phi) is 6.07. The first-order valence-electron chi connectivity index (χ1n) is 9.88. The van der Waals surface area contributed by atoms with Gasteiger partial charge in [0.25, 0.3) is 5.91 Å². The van der Waals surface area contributed by atoms with E-state index >= 15 is 0 Å². The second kappa shape index (κ2) is 8.92. The molecule has 1 aromatic heterocycles. The summed E-state index contributed by atoms with van der Waals surface area (Å²) in [5.41, 5.74) is 2.17. The molecule has 3 aromatic rings. The summed E-state index contributed by atoms with van der Waals surface area (Å²) in [6, 6.07) is 13.8. The van der Waals surface area contributed by atoms with Crippen molar-refractivity contribution in [3.63, 3.8) is 0 Å². The number of nitriles is 1. The van der Waals surface area contributed by atoms with Gasteiger partial charge in [0.2, 0.25) is 0 Å². The van der Waals surface area contributed by atoms with Crippen LogP contribution in [0.4, 0.5) is 8.78 Å². The van der Waals surface area contributed by atoms with Gasteiger partial charge in [-0.3, -0.25) is 9.69 Å². The molecule has 0 bridgehead atoms. The van der Waals surface area contributed by atoms with E-state index in [2.05, 4.69) is 11.1 Å². The lowest BCUT2D eigenvalue weighted by atomic mass is 10.1. The van der Waals surface area contributed by atoms with E-state index in [4.69, 9.17) is 0 Å². The number of aryl methyl sites for hydroxylation is 1. The number of benzene rings is 2. The minimum atomic E-state index is -0.479. The number of carbonyl (C=O) groups is 1. The first-order chi connectivity index (χ1) is 15.0. The highest BCUT2D eigenvalue weighted by Gasteiger charge is 2.29. The van der Waals surface area contributed by atoms with E-state index < -0.39 is 6.04 Å². The van der Waals surface area contributed by atoms with E-state index in [1.54, 1.807) is 36.1 Å². The number of thiazole rings is 1. The number of amides is 1. The van der Waals surface area contributed by atoms with Gasteiger partial charge in [0.15, 0.2) is 0 Å². The van der Waals surface area contributed by atoms with Crippen LogP contribution in [-0.4, -0.2) is 46.9 Å². The Bertz CT molecular complexity index is 1110. The highest BCUT2D eigenvalue weighted by atomic mass is 32.1. The summed E-state index contributed by atoms with van der Waals surface area (Å²) < 4.78 is 26.4. The quantitative estimate of drug-likeness (QED) is 0.605. The fourth-order valence-corrected chi connectivity index (χ4v) is 4.69. The molecule has 1 fully saturated rings. The maximum Gasteiger partial charge on any atom is 0.265 e. The maximum absolute atomic E-state index is 13.2. The SMILES string of the molecule is Cc1nc(-c2ccc(F)cc2)sc1C(=O)N1CCN([C@H](C#N)c2ccc(F)cc2)CC1. The molecule has 5 nitrogen and oxygen atoms in total. The number of hydrogen-bond donors (Lipinski definition) is 0. The van der Waals surface area contributed by atoms with E-state index in [9.17, 15) is 18.8 Å². The molecule has 4 rings (SSSR count). The highest BCUT2D eigenvalue weighted by molar-refractivity contribution is 7.17. The molecule has 1 saturated heterocycles. The zero-order valence-corrected chi connectivity index (χ0v) is 17.7. The van der Waals surface area contributed by atoms with Crippen LogP contribution in [0, 0.1) is 29.9 Å². The Morgan fingerprint density at radius 1 is 1.03 bits per heavy atom. The van der Waals surface area contributed by atoms with Gasteiger partial charge < -0.3 is 4.90 Å². The molecule has 0 N–H and O–H groups in total. The van der Waals surface area contributed by atoms with E-state index in [1.807, 2.05) is 4.90 Å². The smallest absolute Gasteiger partial charge is 0.265 e. The zero-order valence-electron chi connectivity index (χ0n) is 16.9. The molecule has 0 radical (unpaired) electrons. The first kappa shape index (κ1) is 21.1. The number of rotatable bonds is 4. The van der Waals surface area contributed by atoms with Crippen LogP contribution in [0.1, 0.15) is 27.0 Å². The molecule has 2 aromatic carbocycles. The summed E-state index contributed by atoms with van der Waals surface area (Å²) in [6.45, 7) is 3.87. The van der Waals surface area contributed by atoms with Crippen LogP contribution in [0.25, 0.3) is 10.6 Å². The topological polar surface area (TPSA) is 60.2 Å². The Labute approximate surface area is 183 Å². The number of carbonyl (C=O) groups excluding carboxylic acids is 1. The lowest BCUT2D eigenvalue weighted by molar-refractivity contribution is 0.0610. The van der Waals surface area contributed by atoms with Gasteiger partial charge in [-0.15, -0.1) is 11.3 Å². The van der Waals surface area contributed by atoms with Crippen molar-refractivity contribution in [2.45, 2.75) is 13.0 Å². The summed E-state index contributed by atoms with van der Waals surface area (Å²) in [6.07, 6.45) is 0. The Morgan fingerprint density at radius 2 is 1.61 bits per heavy atom. The fourth-order valence-electron chi connectivity index (χ4n) is 3.65. The standard InChI is InChI=1S/C23H20F2N4OS/c1-15-21(31-22(27-15)17-4-8-19(25)9-5-17)23(30)29-12-10-28(11-13-29)20(14-26)16-2-6-18(24)7-3-16/h2-9,20H,10-13H2,1H3/t20-/m1/s1. The van der Waals surface area contributed by atoms with Gasteiger partial charge in [0.1, 0.15) is 27.6 Å². The summed E-state index contributed by atoms with van der Waals surface area (Å²) in [5, 5.41) is 10.3. The fraction of sp³-hybridized carbons (Fsp3) is 0.261. The average molecular weight is 439 g/mol. The van der Waals surface area contributed by atoms with Crippen LogP contribution in [0.15, 0.2) is 48.5 Å². The molecule has 8 heteroatoms. The summed E-state index contributed by atoms with van der Waals surface area (Å²) in [4.78, 5) is 21.9. The van der Waals surface area contributed by atoms with Gasteiger partial charge >= 0.3 is 0 Å². The Balaban J connectivity index is 1.44. The van der Waals surface area contributed by atoms with Crippen molar-refractivity contribution in [3.05, 3.63) is 76.3 Å². The molecule has 0 saturated carbocycles. The largest absolute Gasteiger partial charge is 0.335 e. The first-order valence-corrected chi connectivity index (χ1v) is 10.7. The van der Waals surface area contributed by atoms with Crippen molar-refractivity contribution in [1.29, 1.82) is 5.26 Å². The van der Waals surface area contributed by atoms with Gasteiger partial charge in [0.05, 0.1) is 11.8 Å². The molecule has 1 amide bonds. The summed E-state index contributed by atoms with van der Waals surface area (Å²) >= 11 is 1.30. The Hall–Kier alpha value is -3.15. The molecule has 2 heterocycles. The van der Waals surface area contributed by atoms with Crippen LogP contribution in [0.3, 0.4) is 0 Å². The van der Waals surface area contributed by atoms with E-state index in [0.29, 0.717) is 41.8 Å². The third-order valence-corrected chi connectivity index (χ3v) is 6.55. The molecule has 1 atom stereocenters. The van der Waals surface area contributed by atoms with E-state index in [0.717, 1.165) is 11.1 Å². The molecule has 0 unspecified atom stereocenters. The third kappa shape index (κ3) is 4.48. The molecular formula is C23H20F2N4OS. The lowest BCUT2D eigenvalue weighted by Crippen LogP contribution is -2.49. The molecule has 1 aliphatic heterocycles. The van der Waals surface area contributed by atoms with Crippen molar-refractivity contribution in [3.8, 4) is 16.6 Å². The minimum Gasteiger partial charge on any atom is -0.335 e. The number of aromatic nitrogens is 1. The zero-order chi connectivity index (χ0) is 22.0. The monoisotopic (exact) mass is 438 g/mol. The predicted octanol–water partition coefficient (Wildman–Crippen LogP) is 4.42. The number of piperazine rings is 1. The van der Waals surface area contributed by atoms with Crippen LogP contribution in [0.2, 0.25) is 0 Å². The van der Waals surface area contributed by atoms with Gasteiger partial charge in [-0.2, -0.15) is 5.26 Å². The minimum absolute atomic E-state index is 0.0849. The van der Waals surface area contributed by atoms with Gasteiger partial charge in [-0.1, -0.05) is 12.1 Å². The van der Waals surface area contributed by atoms with Crippen LogP contribution in [0.5, 0.6) is 0 Å². The van der Waals surface area contributed by atoms with Crippen molar-refractivity contribution < 1.29 is 13.6 Å². The molecule has 31 heavy (non-hydrogen) atoms. The van der Waals surface area contributed by atoms with Crippen molar-refractivity contribution in [2.75, 3.05) is 26.2 Å². The number of hydrogen-bond acceptors (Lipinski definition) is 5. The van der Waals surface area contributed by atoms with E-state index in [-0.39, 0.29) is 17.5 Å². The normalized spacial score (nSPS) is 15.5. The van der Waals surface area contributed by atoms with Crippen LogP contribution < -0.4 is 0 Å². The number of halogens is 2. The summed E-state index contributed by atoms with van der Waals surface area (Å²) in [7, 11) is 0. The Morgan fingerprint density at radius 3 is 2.19 bits per heavy atom. The second-order valence-electron chi connectivity index (χ2n) is 7.35. The second-order valence-corrected chi connectivity index (χ2v) is 8.35. The predicted molar refractivity (Wildman–Crippen MR) is 114 cm³/mol. The maximum atomic E-state index is 13.2. The van der Waals surface area contributed by atoms with Crippen molar-refractivity contribution in [1.82, 2.24) is 14.8 Å². The lowest BCUT2D eigenvalue weighted by Gasteiger charge is -2.36. The highest BCUT2D eigenvalue weighted by Crippen LogP contribution is 2.30. The van der Waals surface area contributed by atoms with Crippen LogP contribution in [-0.2, 0) is 0 Å². The molecule has 1 aliphatic rings. The van der Waals surface area contributed by atoms with Crippen molar-refractivity contribution in [2.24, 2.45) is 0 Å². The van der Waals surface area contributed by atoms with E-state index in [1.165, 1.54) is 35.6 Å².